The van der Waals surface area contributed by atoms with E-state index in [2.05, 4.69) is 17.4 Å². The van der Waals surface area contributed by atoms with Gasteiger partial charge in [-0.1, -0.05) is 6.07 Å². The molecule has 0 unspecified atom stereocenters. The fourth-order valence-electron chi connectivity index (χ4n) is 3.38. The van der Waals surface area contributed by atoms with Crippen LogP contribution in [0.15, 0.2) is 12.1 Å². The van der Waals surface area contributed by atoms with Gasteiger partial charge in [0.05, 0.1) is 6.10 Å². The summed E-state index contributed by atoms with van der Waals surface area (Å²) in [7, 11) is 0. The van der Waals surface area contributed by atoms with Crippen molar-refractivity contribution >= 4 is 11.8 Å². The van der Waals surface area contributed by atoms with E-state index in [1.54, 1.807) is 0 Å². The van der Waals surface area contributed by atoms with E-state index in [9.17, 15) is 4.79 Å². The maximum absolute atomic E-state index is 10.4. The zero-order valence-electron chi connectivity index (χ0n) is 13.6. The standard InChI is InChI=1S/C18H26N2O3/c21-17(22)4-2-10-23-16-11-13(12-16)5-7-15-8-6-14-3-1-9-19-18(14)20-15/h6,8,13,16H,1-5,7,9-12H2,(H,19,20)(H,21,22)/t13-,16-. The molecule has 1 aliphatic carbocycles. The van der Waals surface area contributed by atoms with Crippen LogP contribution in [0.3, 0.4) is 0 Å². The molecule has 0 aromatic carbocycles. The molecule has 0 bridgehead atoms. The molecule has 1 aromatic rings. The minimum Gasteiger partial charge on any atom is -0.481 e. The second kappa shape index (κ2) is 7.77. The first kappa shape index (κ1) is 16.2. The van der Waals surface area contributed by atoms with Gasteiger partial charge in [0.25, 0.3) is 0 Å². The molecule has 0 amide bonds. The van der Waals surface area contributed by atoms with E-state index in [-0.39, 0.29) is 6.42 Å². The lowest BCUT2D eigenvalue weighted by Crippen LogP contribution is -2.32. The van der Waals surface area contributed by atoms with Gasteiger partial charge in [-0.25, -0.2) is 4.98 Å². The smallest absolute Gasteiger partial charge is 0.303 e. The van der Waals surface area contributed by atoms with Gasteiger partial charge in [0.1, 0.15) is 5.82 Å². The van der Waals surface area contributed by atoms with Gasteiger partial charge in [0.2, 0.25) is 0 Å². The summed E-state index contributed by atoms with van der Waals surface area (Å²) in [5.41, 5.74) is 2.53. The van der Waals surface area contributed by atoms with Crippen LogP contribution >= 0.6 is 0 Å². The highest BCUT2D eigenvalue weighted by atomic mass is 16.5. The summed E-state index contributed by atoms with van der Waals surface area (Å²) in [4.78, 5) is 15.2. The Balaban J connectivity index is 1.32. The second-order valence-electron chi connectivity index (χ2n) is 6.71. The molecule has 2 aliphatic rings. The van der Waals surface area contributed by atoms with Crippen LogP contribution in [-0.4, -0.2) is 35.3 Å². The van der Waals surface area contributed by atoms with Crippen LogP contribution in [0.1, 0.15) is 49.8 Å². The summed E-state index contributed by atoms with van der Waals surface area (Å²) in [6.45, 7) is 1.61. The molecular formula is C18H26N2O3. The molecule has 5 nitrogen and oxygen atoms in total. The van der Waals surface area contributed by atoms with Crippen molar-refractivity contribution in [3.63, 3.8) is 0 Å². The van der Waals surface area contributed by atoms with E-state index < -0.39 is 5.97 Å². The molecule has 2 heterocycles. The van der Waals surface area contributed by atoms with Crippen molar-refractivity contribution in [2.24, 2.45) is 5.92 Å². The van der Waals surface area contributed by atoms with Gasteiger partial charge in [-0.05, 0) is 62.5 Å². The quantitative estimate of drug-likeness (QED) is 0.721. The highest BCUT2D eigenvalue weighted by Crippen LogP contribution is 2.34. The molecule has 0 radical (unpaired) electrons. The SMILES string of the molecule is O=C(O)CCCO[C@H]1C[C@H](CCc2ccc3c(n2)NCCC3)C1. The lowest BCUT2D eigenvalue weighted by molar-refractivity contribution is -0.137. The third-order valence-corrected chi connectivity index (χ3v) is 4.84. The second-order valence-corrected chi connectivity index (χ2v) is 6.71. The topological polar surface area (TPSA) is 71.5 Å². The average molecular weight is 318 g/mol. The number of fused-ring (bicyclic) bond motifs is 1. The average Bonchev–Trinajstić information content (AvgIpc) is 2.51. The number of nitrogens with one attached hydrogen (secondary N) is 1. The molecular weight excluding hydrogens is 292 g/mol. The fraction of sp³-hybridized carbons (Fsp3) is 0.667. The predicted octanol–water partition coefficient (Wildman–Crippen LogP) is 3.03. The third kappa shape index (κ3) is 4.67. The first-order valence-corrected chi connectivity index (χ1v) is 8.77. The van der Waals surface area contributed by atoms with Gasteiger partial charge in [-0.15, -0.1) is 0 Å². The number of nitrogens with zero attached hydrogens (tertiary/aromatic N) is 1. The predicted molar refractivity (Wildman–Crippen MR) is 88.7 cm³/mol. The van der Waals surface area contributed by atoms with E-state index in [0.29, 0.717) is 19.1 Å². The number of aromatic nitrogens is 1. The summed E-state index contributed by atoms with van der Waals surface area (Å²) in [6, 6.07) is 4.39. The summed E-state index contributed by atoms with van der Waals surface area (Å²) >= 11 is 0. The zero-order chi connectivity index (χ0) is 16.1. The maximum Gasteiger partial charge on any atom is 0.303 e. The van der Waals surface area contributed by atoms with Crippen molar-refractivity contribution in [1.29, 1.82) is 0 Å². The third-order valence-electron chi connectivity index (χ3n) is 4.84. The molecule has 1 aromatic heterocycles. The minimum absolute atomic E-state index is 0.203. The Bertz CT molecular complexity index is 541. The van der Waals surface area contributed by atoms with Gasteiger partial charge in [0, 0.05) is 25.3 Å². The van der Waals surface area contributed by atoms with Gasteiger partial charge in [-0.2, -0.15) is 0 Å². The first-order chi connectivity index (χ1) is 11.2. The molecule has 1 aliphatic heterocycles. The molecule has 2 N–H and O–H groups in total. The van der Waals surface area contributed by atoms with Crippen molar-refractivity contribution in [3.05, 3.63) is 23.4 Å². The number of aryl methyl sites for hydroxylation is 2. The monoisotopic (exact) mass is 318 g/mol. The highest BCUT2D eigenvalue weighted by molar-refractivity contribution is 5.66. The lowest BCUT2D eigenvalue weighted by Gasteiger charge is -2.35. The Labute approximate surface area is 137 Å². The Kier molecular flexibility index (Phi) is 5.49. The number of anilines is 1. The van der Waals surface area contributed by atoms with Crippen molar-refractivity contribution in [2.45, 2.75) is 57.5 Å². The van der Waals surface area contributed by atoms with E-state index in [1.807, 2.05) is 0 Å². The van der Waals surface area contributed by atoms with Crippen LogP contribution in [0.4, 0.5) is 5.82 Å². The van der Waals surface area contributed by atoms with Crippen molar-refractivity contribution in [3.8, 4) is 0 Å². The number of aliphatic carboxylic acids is 1. The summed E-state index contributed by atoms with van der Waals surface area (Å²) in [5.74, 6) is 1.07. The molecule has 0 atom stereocenters. The van der Waals surface area contributed by atoms with E-state index in [4.69, 9.17) is 14.8 Å². The fourth-order valence-corrected chi connectivity index (χ4v) is 3.38. The van der Waals surface area contributed by atoms with Gasteiger partial charge in [0.15, 0.2) is 0 Å². The van der Waals surface area contributed by atoms with E-state index in [0.717, 1.165) is 44.0 Å². The number of ether oxygens (including phenoxy) is 1. The number of carboxylic acid groups (broad SMARTS) is 1. The largest absolute Gasteiger partial charge is 0.481 e. The number of pyridine rings is 1. The van der Waals surface area contributed by atoms with E-state index >= 15 is 0 Å². The normalized spacial score (nSPS) is 22.8. The molecule has 0 spiro atoms. The number of carbonyl (C=O) groups is 1. The highest BCUT2D eigenvalue weighted by Gasteiger charge is 2.29. The number of carboxylic acids is 1. The number of rotatable bonds is 8. The molecule has 1 fully saturated rings. The van der Waals surface area contributed by atoms with Gasteiger partial charge in [-0.3, -0.25) is 4.79 Å². The Morgan fingerprint density at radius 3 is 3.09 bits per heavy atom. The van der Waals surface area contributed by atoms with Crippen molar-refractivity contribution in [1.82, 2.24) is 4.98 Å². The first-order valence-electron chi connectivity index (χ1n) is 8.77. The van der Waals surface area contributed by atoms with Crippen LogP contribution in [0, 0.1) is 5.92 Å². The van der Waals surface area contributed by atoms with Crippen LogP contribution in [0.5, 0.6) is 0 Å². The minimum atomic E-state index is -0.743. The summed E-state index contributed by atoms with van der Waals surface area (Å²) in [5, 5.41) is 12.0. The van der Waals surface area contributed by atoms with Crippen molar-refractivity contribution in [2.75, 3.05) is 18.5 Å². The molecule has 1 saturated carbocycles. The van der Waals surface area contributed by atoms with Gasteiger partial charge >= 0.3 is 5.97 Å². The van der Waals surface area contributed by atoms with Crippen LogP contribution in [-0.2, 0) is 22.4 Å². The number of hydrogen-bond acceptors (Lipinski definition) is 4. The Morgan fingerprint density at radius 2 is 2.26 bits per heavy atom. The number of hydrogen-bond donors (Lipinski definition) is 2. The molecule has 126 valence electrons. The van der Waals surface area contributed by atoms with Crippen molar-refractivity contribution < 1.29 is 14.6 Å². The van der Waals surface area contributed by atoms with Crippen LogP contribution in [0.2, 0.25) is 0 Å². The van der Waals surface area contributed by atoms with Crippen LogP contribution < -0.4 is 5.32 Å². The van der Waals surface area contributed by atoms with Gasteiger partial charge < -0.3 is 15.2 Å². The van der Waals surface area contributed by atoms with E-state index in [1.165, 1.54) is 24.1 Å². The lowest BCUT2D eigenvalue weighted by atomic mass is 9.79. The molecule has 3 rings (SSSR count). The van der Waals surface area contributed by atoms with Crippen LogP contribution in [0.25, 0.3) is 0 Å². The summed E-state index contributed by atoms with van der Waals surface area (Å²) < 4.78 is 5.70. The maximum atomic E-state index is 10.4. The molecule has 23 heavy (non-hydrogen) atoms. The molecule has 5 heteroatoms. The Hall–Kier alpha value is -1.62. The summed E-state index contributed by atoms with van der Waals surface area (Å²) in [6.07, 6.45) is 7.91. The molecule has 0 saturated heterocycles. The Morgan fingerprint density at radius 1 is 1.39 bits per heavy atom. The zero-order valence-corrected chi connectivity index (χ0v) is 13.6.